The molecule has 0 amide bonds. The molecule has 0 atom stereocenters. The van der Waals surface area contributed by atoms with Gasteiger partial charge < -0.3 is 4.90 Å². The molecule has 0 unspecified atom stereocenters. The predicted molar refractivity (Wildman–Crippen MR) is 118 cm³/mol. The number of hydrogen-bond acceptors (Lipinski definition) is 3. The number of aromatic nitrogens is 3. The summed E-state index contributed by atoms with van der Waals surface area (Å²) in [6.07, 6.45) is 9.81. The third kappa shape index (κ3) is 3.85. The molecule has 1 aliphatic rings. The monoisotopic (exact) mass is 416 g/mol. The lowest BCUT2D eigenvalue weighted by molar-refractivity contribution is 0.666. The second-order valence-electron chi connectivity index (χ2n) is 7.57. The van der Waals surface area contributed by atoms with Crippen molar-refractivity contribution in [3.8, 4) is 11.3 Å². The summed E-state index contributed by atoms with van der Waals surface area (Å²) in [7, 11) is 0. The SMILES string of the molecule is CCCCN(CC1CC1)c1c(CC)nc2c(-c3ccc(Cl)cc3Cl)nccn12. The zero-order chi connectivity index (χ0) is 19.7. The maximum Gasteiger partial charge on any atom is 0.165 e. The van der Waals surface area contributed by atoms with E-state index in [1.165, 1.54) is 31.5 Å². The van der Waals surface area contributed by atoms with Gasteiger partial charge in [-0.1, -0.05) is 43.5 Å². The molecule has 0 radical (unpaired) electrons. The fourth-order valence-electron chi connectivity index (χ4n) is 3.70. The third-order valence-corrected chi connectivity index (χ3v) is 5.91. The Labute approximate surface area is 176 Å². The summed E-state index contributed by atoms with van der Waals surface area (Å²) >= 11 is 12.6. The fourth-order valence-corrected chi connectivity index (χ4v) is 4.20. The molecule has 1 fully saturated rings. The number of nitrogens with zero attached hydrogens (tertiary/aromatic N) is 4. The lowest BCUT2D eigenvalue weighted by atomic mass is 10.1. The van der Waals surface area contributed by atoms with Crippen LogP contribution in [-0.2, 0) is 6.42 Å². The van der Waals surface area contributed by atoms with Crippen molar-refractivity contribution in [2.75, 3.05) is 18.0 Å². The van der Waals surface area contributed by atoms with Crippen LogP contribution in [0.15, 0.2) is 30.6 Å². The van der Waals surface area contributed by atoms with Crippen LogP contribution in [0.3, 0.4) is 0 Å². The van der Waals surface area contributed by atoms with E-state index in [2.05, 4.69) is 28.1 Å². The van der Waals surface area contributed by atoms with Crippen molar-refractivity contribution in [1.82, 2.24) is 14.4 Å². The van der Waals surface area contributed by atoms with Crippen molar-refractivity contribution in [2.24, 2.45) is 5.92 Å². The van der Waals surface area contributed by atoms with Gasteiger partial charge in [0.1, 0.15) is 11.5 Å². The topological polar surface area (TPSA) is 33.4 Å². The summed E-state index contributed by atoms with van der Waals surface area (Å²) in [6, 6.07) is 5.53. The molecule has 148 valence electrons. The molecule has 28 heavy (non-hydrogen) atoms. The summed E-state index contributed by atoms with van der Waals surface area (Å²) < 4.78 is 2.20. The first kappa shape index (κ1) is 19.5. The summed E-state index contributed by atoms with van der Waals surface area (Å²) in [5, 5.41) is 1.21. The average Bonchev–Trinajstić information content (AvgIpc) is 3.42. The van der Waals surface area contributed by atoms with Gasteiger partial charge in [-0.25, -0.2) is 4.98 Å². The highest BCUT2D eigenvalue weighted by molar-refractivity contribution is 6.36. The molecule has 0 bridgehead atoms. The zero-order valence-electron chi connectivity index (χ0n) is 16.5. The Morgan fingerprint density at radius 2 is 2.04 bits per heavy atom. The molecule has 4 nitrogen and oxygen atoms in total. The highest BCUT2D eigenvalue weighted by Crippen LogP contribution is 2.36. The Bertz CT molecular complexity index is 978. The van der Waals surface area contributed by atoms with Crippen LogP contribution in [0.25, 0.3) is 16.9 Å². The zero-order valence-corrected chi connectivity index (χ0v) is 18.0. The minimum atomic E-state index is 0.594. The molecule has 0 saturated heterocycles. The van der Waals surface area contributed by atoms with Crippen molar-refractivity contribution >= 4 is 34.7 Å². The summed E-state index contributed by atoms with van der Waals surface area (Å²) in [5.74, 6) is 2.03. The van der Waals surface area contributed by atoms with Crippen molar-refractivity contribution in [1.29, 1.82) is 0 Å². The Morgan fingerprint density at radius 1 is 1.21 bits per heavy atom. The third-order valence-electron chi connectivity index (χ3n) is 5.36. The quantitative estimate of drug-likeness (QED) is 0.432. The van der Waals surface area contributed by atoms with Gasteiger partial charge in [-0.3, -0.25) is 9.38 Å². The number of anilines is 1. The van der Waals surface area contributed by atoms with Crippen LogP contribution in [0.4, 0.5) is 5.82 Å². The summed E-state index contributed by atoms with van der Waals surface area (Å²) in [6.45, 7) is 6.59. The first-order chi connectivity index (χ1) is 13.6. The Hall–Kier alpha value is -1.78. The number of imidazole rings is 1. The van der Waals surface area contributed by atoms with Gasteiger partial charge in [-0.2, -0.15) is 0 Å². The lowest BCUT2D eigenvalue weighted by Gasteiger charge is -2.25. The van der Waals surface area contributed by atoms with Gasteiger partial charge in [0.25, 0.3) is 0 Å². The maximum atomic E-state index is 6.48. The molecule has 2 aromatic heterocycles. The Kier molecular flexibility index (Phi) is 5.79. The van der Waals surface area contributed by atoms with E-state index in [9.17, 15) is 0 Å². The largest absolute Gasteiger partial charge is 0.356 e. The Balaban J connectivity index is 1.85. The van der Waals surface area contributed by atoms with E-state index in [4.69, 9.17) is 28.2 Å². The molecule has 1 aliphatic carbocycles. The first-order valence-electron chi connectivity index (χ1n) is 10.2. The molecule has 4 rings (SSSR count). The number of hydrogen-bond donors (Lipinski definition) is 0. The predicted octanol–water partition coefficient (Wildman–Crippen LogP) is 6.28. The number of benzene rings is 1. The van der Waals surface area contributed by atoms with Crippen molar-refractivity contribution in [3.05, 3.63) is 46.3 Å². The molecule has 0 spiro atoms. The van der Waals surface area contributed by atoms with Gasteiger partial charge in [0.05, 0.1) is 10.7 Å². The van der Waals surface area contributed by atoms with E-state index >= 15 is 0 Å². The van der Waals surface area contributed by atoms with Crippen LogP contribution in [0, 0.1) is 5.92 Å². The summed E-state index contributed by atoms with van der Waals surface area (Å²) in [5.41, 5.74) is 3.64. The molecule has 2 heterocycles. The molecule has 3 aromatic rings. The maximum absolute atomic E-state index is 6.48. The van der Waals surface area contributed by atoms with E-state index in [0.29, 0.717) is 10.0 Å². The highest BCUT2D eigenvalue weighted by Gasteiger charge is 2.28. The number of halogens is 2. The lowest BCUT2D eigenvalue weighted by Crippen LogP contribution is -2.29. The number of unbranched alkanes of at least 4 members (excludes halogenated alkanes) is 1. The van der Waals surface area contributed by atoms with E-state index in [1.54, 1.807) is 6.07 Å². The molecule has 6 heteroatoms. The highest BCUT2D eigenvalue weighted by atomic mass is 35.5. The smallest absolute Gasteiger partial charge is 0.165 e. The van der Waals surface area contributed by atoms with Crippen LogP contribution < -0.4 is 4.90 Å². The molecular formula is C22H26Cl2N4. The van der Waals surface area contributed by atoms with Gasteiger partial charge in [-0.05, 0) is 49.8 Å². The van der Waals surface area contributed by atoms with Gasteiger partial charge >= 0.3 is 0 Å². The van der Waals surface area contributed by atoms with Crippen LogP contribution in [0.5, 0.6) is 0 Å². The van der Waals surface area contributed by atoms with E-state index in [0.717, 1.165) is 48.0 Å². The van der Waals surface area contributed by atoms with Gasteiger partial charge in [0.2, 0.25) is 0 Å². The molecule has 0 N–H and O–H groups in total. The van der Waals surface area contributed by atoms with E-state index < -0.39 is 0 Å². The molecule has 1 saturated carbocycles. The van der Waals surface area contributed by atoms with Crippen LogP contribution in [0.1, 0.15) is 45.2 Å². The van der Waals surface area contributed by atoms with Crippen LogP contribution >= 0.6 is 23.2 Å². The number of rotatable bonds is 8. The number of aryl methyl sites for hydroxylation is 1. The fraction of sp³-hybridized carbons (Fsp3) is 0.455. The minimum Gasteiger partial charge on any atom is -0.356 e. The van der Waals surface area contributed by atoms with Gasteiger partial charge in [0, 0.05) is 36.1 Å². The van der Waals surface area contributed by atoms with Crippen molar-refractivity contribution in [3.63, 3.8) is 0 Å². The minimum absolute atomic E-state index is 0.594. The number of fused-ring (bicyclic) bond motifs is 1. The van der Waals surface area contributed by atoms with Crippen LogP contribution in [0.2, 0.25) is 10.0 Å². The van der Waals surface area contributed by atoms with Gasteiger partial charge in [-0.15, -0.1) is 0 Å². The molecule has 0 aliphatic heterocycles. The molecular weight excluding hydrogens is 391 g/mol. The Morgan fingerprint density at radius 3 is 2.71 bits per heavy atom. The standard InChI is InChI=1S/C22H26Cl2N4/c1-3-5-11-27(14-15-6-7-15)22-19(4-2)26-21-20(25-10-12-28(21)22)17-9-8-16(23)13-18(17)24/h8-10,12-13,15H,3-7,11,14H2,1-2H3. The normalized spacial score (nSPS) is 14.0. The molecule has 1 aromatic carbocycles. The first-order valence-corrected chi connectivity index (χ1v) is 10.9. The van der Waals surface area contributed by atoms with Crippen molar-refractivity contribution < 1.29 is 0 Å². The van der Waals surface area contributed by atoms with Crippen molar-refractivity contribution in [2.45, 2.75) is 46.0 Å². The van der Waals surface area contributed by atoms with E-state index in [-0.39, 0.29) is 0 Å². The van der Waals surface area contributed by atoms with Crippen LogP contribution in [-0.4, -0.2) is 27.5 Å². The second-order valence-corrected chi connectivity index (χ2v) is 8.42. The average molecular weight is 417 g/mol. The van der Waals surface area contributed by atoms with E-state index in [1.807, 2.05) is 24.5 Å². The summed E-state index contributed by atoms with van der Waals surface area (Å²) in [4.78, 5) is 12.2. The second kappa shape index (κ2) is 8.30. The van der Waals surface area contributed by atoms with Gasteiger partial charge in [0.15, 0.2) is 5.65 Å².